The number of carbonyl (C=O) groups is 1. The minimum atomic E-state index is -0.112. The number of rotatable bonds is 3. The van der Waals surface area contributed by atoms with E-state index in [0.717, 1.165) is 34.2 Å². The summed E-state index contributed by atoms with van der Waals surface area (Å²) in [6.45, 7) is 0.805. The van der Waals surface area contributed by atoms with Gasteiger partial charge in [0.15, 0.2) is 0 Å². The molecule has 0 spiro atoms. The predicted molar refractivity (Wildman–Crippen MR) is 104 cm³/mol. The van der Waals surface area contributed by atoms with Crippen LogP contribution in [-0.2, 0) is 6.54 Å². The highest BCUT2D eigenvalue weighted by molar-refractivity contribution is 8.19. The minimum absolute atomic E-state index is 0.112. The van der Waals surface area contributed by atoms with Crippen molar-refractivity contribution in [2.75, 3.05) is 0 Å². The molecule has 2 aromatic carbocycles. The number of nitrogens with one attached hydrogen (secondary N) is 1. The van der Waals surface area contributed by atoms with Gasteiger partial charge in [-0.25, -0.2) is 0 Å². The van der Waals surface area contributed by atoms with E-state index in [9.17, 15) is 4.79 Å². The molecule has 3 aromatic rings. The van der Waals surface area contributed by atoms with Crippen LogP contribution >= 0.6 is 24.0 Å². The highest BCUT2D eigenvalue weighted by Gasteiger charge is 2.22. The summed E-state index contributed by atoms with van der Waals surface area (Å²) in [6.07, 6.45) is 4.12. The van der Waals surface area contributed by atoms with Gasteiger partial charge in [-0.2, -0.15) is 0 Å². The zero-order chi connectivity index (χ0) is 16.5. The number of fused-ring (bicyclic) bond motifs is 1. The maximum absolute atomic E-state index is 11.5. The second kappa shape index (κ2) is 6.26. The molecule has 118 valence electrons. The van der Waals surface area contributed by atoms with Crippen LogP contribution in [0.5, 0.6) is 0 Å². The number of benzene rings is 2. The van der Waals surface area contributed by atoms with E-state index in [1.165, 1.54) is 11.1 Å². The fourth-order valence-electron chi connectivity index (χ4n) is 2.86. The molecule has 2 heterocycles. The molecule has 1 aromatic heterocycles. The summed E-state index contributed by atoms with van der Waals surface area (Å²) >= 11 is 6.37. The van der Waals surface area contributed by atoms with Gasteiger partial charge in [0, 0.05) is 29.2 Å². The van der Waals surface area contributed by atoms with E-state index in [2.05, 4.69) is 52.5 Å². The summed E-state index contributed by atoms with van der Waals surface area (Å²) < 4.78 is 2.23. The standard InChI is InChI=1S/C19H14N2OS2/c22-19-20-18(23)17(24-19)10-14-12-21(11-13-6-2-1-3-7-13)16-9-5-4-8-15(14)16/h1-10,12H,11H2,(H,20,22,23)/b17-10+. The van der Waals surface area contributed by atoms with Crippen LogP contribution in [0.25, 0.3) is 17.0 Å². The first kappa shape index (κ1) is 15.2. The van der Waals surface area contributed by atoms with Crippen LogP contribution in [0.15, 0.2) is 65.7 Å². The van der Waals surface area contributed by atoms with Crippen LogP contribution in [0.4, 0.5) is 4.79 Å². The summed E-state index contributed by atoms with van der Waals surface area (Å²) in [5.41, 5.74) is 3.49. The van der Waals surface area contributed by atoms with Crippen molar-refractivity contribution in [1.29, 1.82) is 0 Å². The van der Waals surface area contributed by atoms with Gasteiger partial charge in [0.25, 0.3) is 5.24 Å². The smallest absolute Gasteiger partial charge is 0.289 e. The van der Waals surface area contributed by atoms with E-state index >= 15 is 0 Å². The number of carbonyl (C=O) groups excluding carboxylic acids is 1. The van der Waals surface area contributed by atoms with Crippen molar-refractivity contribution in [1.82, 2.24) is 9.88 Å². The molecule has 0 bridgehead atoms. The molecule has 1 fully saturated rings. The number of nitrogens with zero attached hydrogens (tertiary/aromatic N) is 1. The zero-order valence-electron chi connectivity index (χ0n) is 12.7. The number of aromatic nitrogens is 1. The summed E-state index contributed by atoms with van der Waals surface area (Å²) in [5, 5.41) is 3.71. The fraction of sp³-hybridized carbons (Fsp3) is 0.0526. The third-order valence-corrected chi connectivity index (χ3v) is 5.22. The van der Waals surface area contributed by atoms with Gasteiger partial charge in [-0.1, -0.05) is 60.7 Å². The van der Waals surface area contributed by atoms with Gasteiger partial charge in [-0.15, -0.1) is 0 Å². The summed E-state index contributed by atoms with van der Waals surface area (Å²) in [6, 6.07) is 18.7. The van der Waals surface area contributed by atoms with Crippen molar-refractivity contribution in [3.8, 4) is 0 Å². The average molecular weight is 350 g/mol. The average Bonchev–Trinajstić information content (AvgIpc) is 3.09. The number of para-hydroxylation sites is 1. The first-order chi connectivity index (χ1) is 11.7. The molecular weight excluding hydrogens is 336 g/mol. The first-order valence-electron chi connectivity index (χ1n) is 7.57. The molecule has 0 aliphatic carbocycles. The Hall–Kier alpha value is -2.37. The van der Waals surface area contributed by atoms with Crippen LogP contribution in [0, 0.1) is 0 Å². The van der Waals surface area contributed by atoms with E-state index in [1.807, 2.05) is 24.3 Å². The van der Waals surface area contributed by atoms with Gasteiger partial charge < -0.3 is 9.88 Å². The van der Waals surface area contributed by atoms with Gasteiger partial charge in [0.1, 0.15) is 4.99 Å². The van der Waals surface area contributed by atoms with Crippen molar-refractivity contribution in [2.24, 2.45) is 0 Å². The molecule has 0 atom stereocenters. The second-order valence-electron chi connectivity index (χ2n) is 5.57. The van der Waals surface area contributed by atoms with Crippen LogP contribution in [0.3, 0.4) is 0 Å². The van der Waals surface area contributed by atoms with Crippen molar-refractivity contribution in [2.45, 2.75) is 6.54 Å². The SMILES string of the molecule is O=C1NC(=S)/C(=C\c2cn(Cc3ccccc3)c3ccccc23)S1. The molecule has 3 nitrogen and oxygen atoms in total. The van der Waals surface area contributed by atoms with Crippen LogP contribution in [0.1, 0.15) is 11.1 Å². The Kier molecular flexibility index (Phi) is 3.96. The summed E-state index contributed by atoms with van der Waals surface area (Å²) in [7, 11) is 0. The quantitative estimate of drug-likeness (QED) is 0.543. The number of hydrogen-bond donors (Lipinski definition) is 1. The molecule has 1 aliphatic rings. The monoisotopic (exact) mass is 350 g/mol. The van der Waals surface area contributed by atoms with Gasteiger partial charge >= 0.3 is 0 Å². The maximum atomic E-state index is 11.5. The maximum Gasteiger partial charge on any atom is 0.289 e. The third kappa shape index (κ3) is 2.88. The van der Waals surface area contributed by atoms with E-state index in [1.54, 1.807) is 0 Å². The lowest BCUT2D eigenvalue weighted by Crippen LogP contribution is -2.15. The Morgan fingerprint density at radius 3 is 2.58 bits per heavy atom. The Bertz CT molecular complexity index is 973. The van der Waals surface area contributed by atoms with Gasteiger partial charge in [0.05, 0.1) is 4.91 Å². The molecule has 24 heavy (non-hydrogen) atoms. The molecular formula is C19H14N2OS2. The molecule has 5 heteroatoms. The van der Waals surface area contributed by atoms with Crippen molar-refractivity contribution < 1.29 is 4.79 Å². The van der Waals surface area contributed by atoms with E-state index in [0.29, 0.717) is 4.99 Å². The lowest BCUT2D eigenvalue weighted by Gasteiger charge is -2.05. The molecule has 1 saturated heterocycles. The van der Waals surface area contributed by atoms with Crippen LogP contribution in [0.2, 0.25) is 0 Å². The Morgan fingerprint density at radius 1 is 1.08 bits per heavy atom. The number of thiocarbonyl (C=S) groups is 1. The van der Waals surface area contributed by atoms with Crippen molar-refractivity contribution >= 4 is 51.2 Å². The molecule has 0 saturated carbocycles. The number of hydrogen-bond acceptors (Lipinski definition) is 3. The first-order valence-corrected chi connectivity index (χ1v) is 8.80. The zero-order valence-corrected chi connectivity index (χ0v) is 14.4. The van der Waals surface area contributed by atoms with E-state index in [-0.39, 0.29) is 5.24 Å². The highest BCUT2D eigenvalue weighted by atomic mass is 32.2. The topological polar surface area (TPSA) is 34.0 Å². The van der Waals surface area contributed by atoms with Crippen molar-refractivity contribution in [3.63, 3.8) is 0 Å². The van der Waals surface area contributed by atoms with Crippen LogP contribution in [-0.4, -0.2) is 14.8 Å². The minimum Gasteiger partial charge on any atom is -0.342 e. The molecule has 4 rings (SSSR count). The summed E-state index contributed by atoms with van der Waals surface area (Å²) in [5.74, 6) is 0. The Labute approximate surface area is 149 Å². The number of amides is 1. The highest BCUT2D eigenvalue weighted by Crippen LogP contribution is 2.30. The van der Waals surface area contributed by atoms with Crippen molar-refractivity contribution in [3.05, 3.63) is 76.8 Å². The van der Waals surface area contributed by atoms with Crippen LogP contribution < -0.4 is 5.32 Å². The van der Waals surface area contributed by atoms with E-state index < -0.39 is 0 Å². The molecule has 1 N–H and O–H groups in total. The predicted octanol–water partition coefficient (Wildman–Crippen LogP) is 4.81. The fourth-order valence-corrected chi connectivity index (χ4v) is 3.89. The summed E-state index contributed by atoms with van der Waals surface area (Å²) in [4.78, 5) is 12.8. The lowest BCUT2D eigenvalue weighted by molar-refractivity contribution is 0.265. The Balaban J connectivity index is 1.78. The molecule has 1 amide bonds. The van der Waals surface area contributed by atoms with E-state index in [4.69, 9.17) is 12.2 Å². The number of thioether (sulfide) groups is 1. The van der Waals surface area contributed by atoms with Gasteiger partial charge in [0.2, 0.25) is 0 Å². The third-order valence-electron chi connectivity index (χ3n) is 3.94. The van der Waals surface area contributed by atoms with Gasteiger partial charge in [-0.05, 0) is 29.5 Å². The normalized spacial score (nSPS) is 16.1. The Morgan fingerprint density at radius 2 is 1.83 bits per heavy atom. The second-order valence-corrected chi connectivity index (χ2v) is 6.99. The molecule has 1 aliphatic heterocycles. The van der Waals surface area contributed by atoms with Gasteiger partial charge in [-0.3, -0.25) is 4.79 Å². The molecule has 0 radical (unpaired) electrons. The molecule has 0 unspecified atom stereocenters. The largest absolute Gasteiger partial charge is 0.342 e. The lowest BCUT2D eigenvalue weighted by atomic mass is 10.1.